The van der Waals surface area contributed by atoms with Crippen LogP contribution in [0.15, 0.2) is 28.0 Å². The first-order valence-electron chi connectivity index (χ1n) is 4.05. The summed E-state index contributed by atoms with van der Waals surface area (Å²) in [6, 6.07) is 3.50. The molecular weight excluding hydrogens is 236 g/mol. The van der Waals surface area contributed by atoms with Crippen LogP contribution < -0.4 is 5.73 Å². The average molecular weight is 243 g/mol. The SMILES string of the molecule is Nc1ncnc(SCc2ccc(Cl)o2)n1. The van der Waals surface area contributed by atoms with E-state index < -0.39 is 0 Å². The molecule has 2 aromatic rings. The molecule has 0 aliphatic rings. The maximum absolute atomic E-state index is 5.63. The maximum Gasteiger partial charge on any atom is 0.223 e. The Bertz CT molecular complexity index is 461. The number of hydrogen-bond acceptors (Lipinski definition) is 6. The van der Waals surface area contributed by atoms with Gasteiger partial charge in [-0.15, -0.1) is 0 Å². The summed E-state index contributed by atoms with van der Waals surface area (Å²) in [5.41, 5.74) is 5.41. The highest BCUT2D eigenvalue weighted by molar-refractivity contribution is 7.98. The highest BCUT2D eigenvalue weighted by Gasteiger charge is 2.03. The van der Waals surface area contributed by atoms with Crippen LogP contribution in [0.3, 0.4) is 0 Å². The van der Waals surface area contributed by atoms with E-state index in [0.29, 0.717) is 16.1 Å². The van der Waals surface area contributed by atoms with E-state index in [4.69, 9.17) is 21.8 Å². The lowest BCUT2D eigenvalue weighted by Gasteiger charge is -1.97. The second-order valence-electron chi connectivity index (χ2n) is 2.62. The summed E-state index contributed by atoms with van der Waals surface area (Å²) in [4.78, 5) is 11.6. The number of thioether (sulfide) groups is 1. The molecule has 78 valence electrons. The zero-order valence-electron chi connectivity index (χ0n) is 7.55. The van der Waals surface area contributed by atoms with Gasteiger partial charge in [0, 0.05) is 0 Å². The molecule has 5 nitrogen and oxygen atoms in total. The Labute approximate surface area is 95.1 Å². The smallest absolute Gasteiger partial charge is 0.223 e. The van der Waals surface area contributed by atoms with Crippen LogP contribution in [0.4, 0.5) is 5.95 Å². The maximum atomic E-state index is 5.63. The van der Waals surface area contributed by atoms with E-state index >= 15 is 0 Å². The van der Waals surface area contributed by atoms with Crippen LogP contribution in [0, 0.1) is 0 Å². The molecule has 0 unspecified atom stereocenters. The Balaban J connectivity index is 1.99. The van der Waals surface area contributed by atoms with Gasteiger partial charge >= 0.3 is 0 Å². The topological polar surface area (TPSA) is 77.8 Å². The summed E-state index contributed by atoms with van der Waals surface area (Å²) in [5, 5.41) is 0.941. The molecule has 0 atom stereocenters. The number of rotatable bonds is 3. The summed E-state index contributed by atoms with van der Waals surface area (Å²) in [6.45, 7) is 0. The van der Waals surface area contributed by atoms with Crippen LogP contribution in [-0.4, -0.2) is 15.0 Å². The monoisotopic (exact) mass is 242 g/mol. The Hall–Kier alpha value is -1.27. The molecule has 15 heavy (non-hydrogen) atoms. The molecule has 2 rings (SSSR count). The van der Waals surface area contributed by atoms with Crippen molar-refractivity contribution in [2.75, 3.05) is 5.73 Å². The predicted molar refractivity (Wildman–Crippen MR) is 57.5 cm³/mol. The van der Waals surface area contributed by atoms with Crippen molar-refractivity contribution in [1.29, 1.82) is 0 Å². The van der Waals surface area contributed by atoms with Gasteiger partial charge in [0.2, 0.25) is 5.95 Å². The fourth-order valence-electron chi connectivity index (χ4n) is 0.928. The largest absolute Gasteiger partial charge is 0.449 e. The van der Waals surface area contributed by atoms with Gasteiger partial charge in [-0.1, -0.05) is 11.8 Å². The van der Waals surface area contributed by atoms with E-state index in [-0.39, 0.29) is 5.95 Å². The first-order valence-corrected chi connectivity index (χ1v) is 5.42. The first-order chi connectivity index (χ1) is 7.24. The third-order valence-corrected chi connectivity index (χ3v) is 2.63. The molecule has 2 aromatic heterocycles. The fraction of sp³-hybridized carbons (Fsp3) is 0.125. The van der Waals surface area contributed by atoms with Gasteiger partial charge in [-0.3, -0.25) is 0 Å². The highest BCUT2D eigenvalue weighted by Crippen LogP contribution is 2.22. The molecule has 0 saturated heterocycles. The molecule has 2 heterocycles. The molecule has 0 radical (unpaired) electrons. The Kier molecular flexibility index (Phi) is 3.08. The van der Waals surface area contributed by atoms with Crippen LogP contribution in [0.5, 0.6) is 0 Å². The Morgan fingerprint density at radius 3 is 2.93 bits per heavy atom. The average Bonchev–Trinajstić information content (AvgIpc) is 2.62. The lowest BCUT2D eigenvalue weighted by Crippen LogP contribution is -1.97. The summed E-state index contributed by atoms with van der Waals surface area (Å²) >= 11 is 7.04. The molecule has 0 bridgehead atoms. The quantitative estimate of drug-likeness (QED) is 0.830. The number of halogens is 1. The second-order valence-corrected chi connectivity index (χ2v) is 3.94. The molecule has 0 fully saturated rings. The molecule has 2 N–H and O–H groups in total. The standard InChI is InChI=1S/C8H7ClN4OS/c9-6-2-1-5(14-6)3-15-8-12-4-11-7(10)13-8/h1-2,4H,3H2,(H2,10,11,12,13). The normalized spacial score (nSPS) is 10.5. The number of furan rings is 1. The lowest BCUT2D eigenvalue weighted by molar-refractivity contribution is 0.532. The summed E-state index contributed by atoms with van der Waals surface area (Å²) < 4.78 is 5.18. The molecule has 0 aliphatic carbocycles. The highest BCUT2D eigenvalue weighted by atomic mass is 35.5. The Morgan fingerprint density at radius 2 is 2.27 bits per heavy atom. The number of nitrogen functional groups attached to an aromatic ring is 1. The number of nitrogens with two attached hydrogens (primary N) is 1. The van der Waals surface area contributed by atoms with Crippen LogP contribution in [0.2, 0.25) is 5.22 Å². The zero-order chi connectivity index (χ0) is 10.7. The van der Waals surface area contributed by atoms with Gasteiger partial charge in [0.05, 0.1) is 5.75 Å². The van der Waals surface area contributed by atoms with E-state index in [1.165, 1.54) is 18.1 Å². The summed E-state index contributed by atoms with van der Waals surface area (Å²) in [7, 11) is 0. The van der Waals surface area contributed by atoms with Gasteiger partial charge in [-0.25, -0.2) is 9.97 Å². The van der Waals surface area contributed by atoms with E-state index in [1.54, 1.807) is 12.1 Å². The number of aromatic nitrogens is 3. The van der Waals surface area contributed by atoms with Crippen molar-refractivity contribution in [2.24, 2.45) is 0 Å². The van der Waals surface area contributed by atoms with Gasteiger partial charge in [0.25, 0.3) is 0 Å². The summed E-state index contributed by atoms with van der Waals surface area (Å²) in [5.74, 6) is 1.59. The molecule has 7 heteroatoms. The fourth-order valence-corrected chi connectivity index (χ4v) is 1.80. The molecular formula is C8H7ClN4OS. The molecule has 0 aliphatic heterocycles. The van der Waals surface area contributed by atoms with Gasteiger partial charge < -0.3 is 10.2 Å². The van der Waals surface area contributed by atoms with Crippen molar-refractivity contribution in [3.8, 4) is 0 Å². The van der Waals surface area contributed by atoms with E-state index in [1.807, 2.05) is 0 Å². The van der Waals surface area contributed by atoms with Gasteiger partial charge in [0.15, 0.2) is 10.4 Å². The number of anilines is 1. The van der Waals surface area contributed by atoms with Crippen LogP contribution in [0.25, 0.3) is 0 Å². The van der Waals surface area contributed by atoms with Gasteiger partial charge in [-0.2, -0.15) is 4.98 Å². The van der Waals surface area contributed by atoms with Crippen molar-refractivity contribution >= 4 is 29.3 Å². The van der Waals surface area contributed by atoms with E-state index in [9.17, 15) is 0 Å². The van der Waals surface area contributed by atoms with E-state index in [2.05, 4.69) is 15.0 Å². The molecule has 0 amide bonds. The van der Waals surface area contributed by atoms with Crippen molar-refractivity contribution in [2.45, 2.75) is 10.9 Å². The van der Waals surface area contributed by atoms with Crippen molar-refractivity contribution < 1.29 is 4.42 Å². The van der Waals surface area contributed by atoms with E-state index in [0.717, 1.165) is 5.76 Å². The zero-order valence-corrected chi connectivity index (χ0v) is 9.13. The van der Waals surface area contributed by atoms with Gasteiger partial charge in [-0.05, 0) is 23.7 Å². The minimum atomic E-state index is 0.213. The van der Waals surface area contributed by atoms with Crippen LogP contribution in [-0.2, 0) is 5.75 Å². The van der Waals surface area contributed by atoms with Crippen LogP contribution in [0.1, 0.15) is 5.76 Å². The predicted octanol–water partition coefficient (Wildman–Crippen LogP) is 1.99. The van der Waals surface area contributed by atoms with Crippen molar-refractivity contribution in [1.82, 2.24) is 15.0 Å². The minimum Gasteiger partial charge on any atom is -0.449 e. The number of nitrogens with zero attached hydrogens (tertiary/aromatic N) is 3. The molecule has 0 spiro atoms. The van der Waals surface area contributed by atoms with Crippen LogP contribution >= 0.6 is 23.4 Å². The third-order valence-electron chi connectivity index (χ3n) is 1.54. The lowest BCUT2D eigenvalue weighted by atomic mass is 10.5. The van der Waals surface area contributed by atoms with Crippen molar-refractivity contribution in [3.63, 3.8) is 0 Å². The molecule has 0 saturated carbocycles. The minimum absolute atomic E-state index is 0.213. The second kappa shape index (κ2) is 4.50. The Morgan fingerprint density at radius 1 is 1.40 bits per heavy atom. The number of hydrogen-bond donors (Lipinski definition) is 1. The first kappa shape index (κ1) is 10.3. The van der Waals surface area contributed by atoms with Gasteiger partial charge in [0.1, 0.15) is 12.1 Å². The van der Waals surface area contributed by atoms with Crippen molar-refractivity contribution in [3.05, 3.63) is 29.4 Å². The third kappa shape index (κ3) is 2.84. The molecule has 0 aromatic carbocycles. The summed E-state index contributed by atoms with van der Waals surface area (Å²) in [6.07, 6.45) is 1.37.